The van der Waals surface area contributed by atoms with E-state index in [2.05, 4.69) is 11.9 Å². The smallest absolute Gasteiger partial charge is 0.336 e. The molecule has 4 nitrogen and oxygen atoms in total. The number of aryl methyl sites for hydroxylation is 1. The minimum Gasteiger partial charge on any atom is -0.478 e. The molecule has 2 unspecified atom stereocenters. The van der Waals surface area contributed by atoms with Gasteiger partial charge in [-0.05, 0) is 32.4 Å². The molecule has 4 heteroatoms. The van der Waals surface area contributed by atoms with Crippen LogP contribution in [0.2, 0.25) is 0 Å². The zero-order valence-corrected chi connectivity index (χ0v) is 12.3. The Morgan fingerprint density at radius 3 is 2.95 bits per heavy atom. The minimum atomic E-state index is -0.831. The predicted molar refractivity (Wildman–Crippen MR) is 80.7 cm³/mol. The molecule has 2 bridgehead atoms. The van der Waals surface area contributed by atoms with Gasteiger partial charge in [0.2, 0.25) is 0 Å². The topological polar surface area (TPSA) is 53.4 Å². The Morgan fingerprint density at radius 2 is 2.19 bits per heavy atom. The Labute approximate surface area is 123 Å². The number of para-hydroxylation sites is 1. The van der Waals surface area contributed by atoms with E-state index in [9.17, 15) is 9.90 Å². The first kappa shape index (κ1) is 12.8. The van der Waals surface area contributed by atoms with Crippen molar-refractivity contribution in [2.45, 2.75) is 38.3 Å². The third-order valence-corrected chi connectivity index (χ3v) is 5.15. The number of carboxylic acid groups (broad SMARTS) is 1. The lowest BCUT2D eigenvalue weighted by Gasteiger charge is -2.34. The van der Waals surface area contributed by atoms with Gasteiger partial charge in [0.1, 0.15) is 0 Å². The molecular weight excluding hydrogens is 264 g/mol. The third kappa shape index (κ3) is 1.65. The molecule has 0 radical (unpaired) electrons. The fourth-order valence-electron chi connectivity index (χ4n) is 4.07. The number of aromatic carboxylic acids is 1. The maximum absolute atomic E-state index is 11.9. The molecule has 0 amide bonds. The zero-order valence-electron chi connectivity index (χ0n) is 12.3. The highest BCUT2D eigenvalue weighted by Gasteiger charge is 2.41. The highest BCUT2D eigenvalue weighted by atomic mass is 16.4. The van der Waals surface area contributed by atoms with Crippen molar-refractivity contribution in [3.63, 3.8) is 0 Å². The number of aromatic nitrogens is 1. The lowest BCUT2D eigenvalue weighted by atomic mass is 9.90. The van der Waals surface area contributed by atoms with Crippen LogP contribution in [0.1, 0.15) is 46.1 Å². The standard InChI is InChI=1S/C17H18N2O2/c1-9-4-3-5-11-14(17(20)21)15-12(18-16(9)11)8-10-6-7-13(15)19(10)2/h3-5,10,13H,6-8H2,1-2H3,(H,20,21). The van der Waals surface area contributed by atoms with Crippen molar-refractivity contribution in [3.8, 4) is 0 Å². The predicted octanol–water partition coefficient (Wildman–Crippen LogP) is 2.93. The van der Waals surface area contributed by atoms with Gasteiger partial charge in [0.25, 0.3) is 0 Å². The van der Waals surface area contributed by atoms with E-state index in [1.54, 1.807) is 0 Å². The molecule has 2 aliphatic rings. The average Bonchev–Trinajstić information content (AvgIpc) is 2.69. The van der Waals surface area contributed by atoms with Gasteiger partial charge in [-0.1, -0.05) is 18.2 Å². The van der Waals surface area contributed by atoms with E-state index >= 15 is 0 Å². The van der Waals surface area contributed by atoms with E-state index in [-0.39, 0.29) is 6.04 Å². The van der Waals surface area contributed by atoms with E-state index in [0.717, 1.165) is 47.0 Å². The first-order chi connectivity index (χ1) is 10.1. The summed E-state index contributed by atoms with van der Waals surface area (Å²) in [7, 11) is 2.11. The largest absolute Gasteiger partial charge is 0.478 e. The highest BCUT2D eigenvalue weighted by Crippen LogP contribution is 2.45. The number of nitrogens with zero attached hydrogens (tertiary/aromatic N) is 2. The fourth-order valence-corrected chi connectivity index (χ4v) is 4.07. The fraction of sp³-hybridized carbons (Fsp3) is 0.412. The normalized spacial score (nSPS) is 24.3. The van der Waals surface area contributed by atoms with Crippen LogP contribution in [0.3, 0.4) is 0 Å². The van der Waals surface area contributed by atoms with Crippen LogP contribution in [0.25, 0.3) is 10.9 Å². The van der Waals surface area contributed by atoms with Gasteiger partial charge in [-0.15, -0.1) is 0 Å². The van der Waals surface area contributed by atoms with Crippen molar-refractivity contribution in [2.75, 3.05) is 7.05 Å². The quantitative estimate of drug-likeness (QED) is 0.873. The second kappa shape index (κ2) is 4.28. The number of fused-ring (bicyclic) bond motifs is 5. The molecule has 1 aromatic heterocycles. The number of likely N-dealkylation sites (N-methyl/N-ethyl adjacent to an activating group) is 1. The van der Waals surface area contributed by atoms with Crippen LogP contribution in [0.5, 0.6) is 0 Å². The van der Waals surface area contributed by atoms with Gasteiger partial charge in [-0.3, -0.25) is 9.88 Å². The second-order valence-corrected chi connectivity index (χ2v) is 6.24. The SMILES string of the molecule is Cc1cccc2c(C(=O)O)c3c(nc12)CC1CCC3N1C. The maximum atomic E-state index is 11.9. The lowest BCUT2D eigenvalue weighted by molar-refractivity contribution is 0.0694. The molecule has 0 saturated carbocycles. The van der Waals surface area contributed by atoms with Gasteiger partial charge >= 0.3 is 5.97 Å². The van der Waals surface area contributed by atoms with Crippen LogP contribution < -0.4 is 0 Å². The number of benzene rings is 1. The molecule has 1 aromatic carbocycles. The monoisotopic (exact) mass is 282 g/mol. The molecule has 0 spiro atoms. The van der Waals surface area contributed by atoms with Gasteiger partial charge in [0, 0.05) is 35.1 Å². The maximum Gasteiger partial charge on any atom is 0.336 e. The number of carboxylic acids is 1. The number of hydrogen-bond donors (Lipinski definition) is 1. The average molecular weight is 282 g/mol. The second-order valence-electron chi connectivity index (χ2n) is 6.24. The summed E-state index contributed by atoms with van der Waals surface area (Å²) < 4.78 is 0. The summed E-state index contributed by atoms with van der Waals surface area (Å²) in [5.41, 5.74) is 4.31. The Kier molecular flexibility index (Phi) is 2.60. The van der Waals surface area contributed by atoms with Gasteiger partial charge in [-0.25, -0.2) is 4.79 Å². The van der Waals surface area contributed by atoms with Crippen molar-refractivity contribution in [3.05, 3.63) is 40.6 Å². The summed E-state index contributed by atoms with van der Waals surface area (Å²) in [4.78, 5) is 19.1. The number of hydrogen-bond acceptors (Lipinski definition) is 3. The molecule has 2 aromatic rings. The molecular formula is C17H18N2O2. The molecule has 1 fully saturated rings. The molecule has 2 aliphatic heterocycles. The number of carbonyl (C=O) groups is 1. The van der Waals surface area contributed by atoms with Crippen LogP contribution in [-0.4, -0.2) is 34.0 Å². The molecule has 108 valence electrons. The van der Waals surface area contributed by atoms with E-state index in [4.69, 9.17) is 4.98 Å². The molecule has 1 N–H and O–H groups in total. The van der Waals surface area contributed by atoms with Crippen LogP contribution in [0.4, 0.5) is 0 Å². The van der Waals surface area contributed by atoms with Crippen LogP contribution >= 0.6 is 0 Å². The van der Waals surface area contributed by atoms with Gasteiger partial charge in [-0.2, -0.15) is 0 Å². The minimum absolute atomic E-state index is 0.210. The highest BCUT2D eigenvalue weighted by molar-refractivity contribution is 6.05. The van der Waals surface area contributed by atoms with Crippen molar-refractivity contribution < 1.29 is 9.90 Å². The summed E-state index contributed by atoms with van der Waals surface area (Å²) in [5, 5.41) is 10.6. The van der Waals surface area contributed by atoms with Crippen molar-refractivity contribution in [1.82, 2.24) is 9.88 Å². The Balaban J connectivity index is 2.11. The molecule has 3 heterocycles. The Hall–Kier alpha value is -1.94. The van der Waals surface area contributed by atoms with Crippen molar-refractivity contribution in [1.29, 1.82) is 0 Å². The summed E-state index contributed by atoms with van der Waals surface area (Å²) in [6.45, 7) is 2.00. The molecule has 21 heavy (non-hydrogen) atoms. The summed E-state index contributed by atoms with van der Waals surface area (Å²) in [6.07, 6.45) is 3.03. The first-order valence-corrected chi connectivity index (χ1v) is 7.45. The summed E-state index contributed by atoms with van der Waals surface area (Å²) in [5.74, 6) is -0.831. The van der Waals surface area contributed by atoms with E-state index in [0.29, 0.717) is 11.6 Å². The number of rotatable bonds is 1. The molecule has 1 saturated heterocycles. The Morgan fingerprint density at radius 1 is 1.38 bits per heavy atom. The van der Waals surface area contributed by atoms with E-state index in [1.165, 1.54) is 0 Å². The summed E-state index contributed by atoms with van der Waals surface area (Å²) in [6, 6.07) is 6.53. The third-order valence-electron chi connectivity index (χ3n) is 5.15. The summed E-state index contributed by atoms with van der Waals surface area (Å²) >= 11 is 0. The van der Waals surface area contributed by atoms with E-state index in [1.807, 2.05) is 25.1 Å². The van der Waals surface area contributed by atoms with Crippen LogP contribution in [-0.2, 0) is 6.42 Å². The molecule has 4 rings (SSSR count). The lowest BCUT2D eigenvalue weighted by Crippen LogP contribution is -2.36. The first-order valence-electron chi connectivity index (χ1n) is 7.45. The van der Waals surface area contributed by atoms with Crippen molar-refractivity contribution in [2.24, 2.45) is 0 Å². The zero-order chi connectivity index (χ0) is 14.7. The van der Waals surface area contributed by atoms with Crippen molar-refractivity contribution >= 4 is 16.9 Å². The van der Waals surface area contributed by atoms with Gasteiger partial charge in [0.15, 0.2) is 0 Å². The van der Waals surface area contributed by atoms with Gasteiger partial charge < -0.3 is 5.11 Å². The molecule has 2 atom stereocenters. The van der Waals surface area contributed by atoms with Gasteiger partial charge in [0.05, 0.1) is 11.1 Å². The molecule has 0 aliphatic carbocycles. The van der Waals surface area contributed by atoms with Crippen LogP contribution in [0.15, 0.2) is 18.2 Å². The van der Waals surface area contributed by atoms with Crippen LogP contribution in [0, 0.1) is 6.92 Å². The Bertz CT molecular complexity index is 769. The number of pyridine rings is 1. The van der Waals surface area contributed by atoms with E-state index < -0.39 is 5.97 Å².